The first-order chi connectivity index (χ1) is 20.1. The molecule has 5 rings (SSSR count). The maximum atomic E-state index is 12.6. The number of allylic oxidation sites excluding steroid dienone is 1. The van der Waals surface area contributed by atoms with Crippen LogP contribution in [0.3, 0.4) is 0 Å². The number of fused-ring (bicyclic) bond motifs is 3. The second-order valence-corrected chi connectivity index (χ2v) is 18.4. The second-order valence-electron chi connectivity index (χ2n) is 17.7. The Morgan fingerprint density at radius 1 is 0.745 bits per heavy atom. The van der Waals surface area contributed by atoms with Crippen LogP contribution >= 0.6 is 11.6 Å². The molecular weight excluding hydrogens is 630 g/mol. The standard InChI is InChI=1S/C41H54ClNO.2CH3.Ti/c1-36(2,3)25-39(10,11)41(42)24-32(27-16-14-13-15-17-27)35(44)40(12,26-41)43-33-20-18-28(37(4,5)6)22-30(33)31-23-29(38(7,8)9)19-21-34(31)43;;;/h13-24,35,44H,25-26H2,1-12H3;2*1H3;/q;2*-1;+2. The molecule has 0 radical (unpaired) electrons. The van der Waals surface area contributed by atoms with Crippen molar-refractivity contribution in [1.82, 2.24) is 4.57 Å². The van der Waals surface area contributed by atoms with E-state index in [0.717, 1.165) is 28.6 Å². The summed E-state index contributed by atoms with van der Waals surface area (Å²) in [6.07, 6.45) is 2.99. The zero-order valence-electron chi connectivity index (χ0n) is 31.7. The van der Waals surface area contributed by atoms with Gasteiger partial charge in [0.1, 0.15) is 6.10 Å². The third kappa shape index (κ3) is 7.52. The number of halogens is 1. The van der Waals surface area contributed by atoms with E-state index in [9.17, 15) is 5.11 Å². The van der Waals surface area contributed by atoms with E-state index in [0.29, 0.717) is 6.42 Å². The van der Waals surface area contributed by atoms with Crippen molar-refractivity contribution >= 4 is 39.0 Å². The molecule has 3 atom stereocenters. The molecule has 0 amide bonds. The molecule has 4 heteroatoms. The molecule has 0 saturated carbocycles. The predicted molar refractivity (Wildman–Crippen MR) is 205 cm³/mol. The van der Waals surface area contributed by atoms with Crippen LogP contribution in [0, 0.1) is 25.7 Å². The van der Waals surface area contributed by atoms with Crippen LogP contribution in [-0.2, 0) is 38.1 Å². The molecule has 3 unspecified atom stereocenters. The number of aliphatic hydroxyl groups excluding tert-OH is 1. The van der Waals surface area contributed by atoms with Crippen molar-refractivity contribution in [2.75, 3.05) is 0 Å². The Morgan fingerprint density at radius 3 is 1.60 bits per heavy atom. The van der Waals surface area contributed by atoms with Crippen LogP contribution in [0.1, 0.15) is 113 Å². The van der Waals surface area contributed by atoms with Crippen LogP contribution in [0.15, 0.2) is 72.8 Å². The van der Waals surface area contributed by atoms with E-state index in [-0.39, 0.29) is 58.2 Å². The van der Waals surface area contributed by atoms with Gasteiger partial charge in [0.2, 0.25) is 0 Å². The summed E-state index contributed by atoms with van der Waals surface area (Å²) in [4.78, 5) is -0.695. The van der Waals surface area contributed by atoms with Crippen LogP contribution in [0.5, 0.6) is 0 Å². The van der Waals surface area contributed by atoms with Gasteiger partial charge in [-0.2, -0.15) is 0 Å². The van der Waals surface area contributed by atoms with Gasteiger partial charge in [0, 0.05) is 21.8 Å². The van der Waals surface area contributed by atoms with Gasteiger partial charge in [-0.15, -0.1) is 11.6 Å². The van der Waals surface area contributed by atoms with Crippen molar-refractivity contribution in [3.8, 4) is 0 Å². The molecule has 254 valence electrons. The first kappa shape index (κ1) is 41.3. The van der Waals surface area contributed by atoms with E-state index in [1.54, 1.807) is 0 Å². The van der Waals surface area contributed by atoms with Crippen molar-refractivity contribution in [2.24, 2.45) is 10.8 Å². The molecule has 0 fully saturated rings. The van der Waals surface area contributed by atoms with Crippen LogP contribution in [0.2, 0.25) is 0 Å². The molecule has 47 heavy (non-hydrogen) atoms. The van der Waals surface area contributed by atoms with Gasteiger partial charge >= 0.3 is 21.7 Å². The molecule has 3 aromatic carbocycles. The van der Waals surface area contributed by atoms with Gasteiger partial charge in [-0.3, -0.25) is 0 Å². The fraction of sp³-hybridized carbons (Fsp3) is 0.488. The van der Waals surface area contributed by atoms with Gasteiger partial charge in [-0.25, -0.2) is 0 Å². The summed E-state index contributed by atoms with van der Waals surface area (Å²) >= 11 is 7.96. The number of nitrogens with zero attached hydrogens (tertiary/aromatic N) is 1. The summed E-state index contributed by atoms with van der Waals surface area (Å²) in [5.74, 6) is 0. The van der Waals surface area contributed by atoms with Crippen molar-refractivity contribution in [1.29, 1.82) is 0 Å². The largest absolute Gasteiger partial charge is 2.00 e. The predicted octanol–water partition coefficient (Wildman–Crippen LogP) is 12.3. The molecule has 0 spiro atoms. The molecule has 2 nitrogen and oxygen atoms in total. The summed E-state index contributed by atoms with van der Waals surface area (Å²) in [6.45, 7) is 27.4. The van der Waals surface area contributed by atoms with E-state index < -0.39 is 16.5 Å². The van der Waals surface area contributed by atoms with Gasteiger partial charge in [0.25, 0.3) is 0 Å². The Bertz CT molecular complexity index is 1660. The third-order valence-corrected chi connectivity index (χ3v) is 10.8. The second kappa shape index (κ2) is 13.5. The van der Waals surface area contributed by atoms with Gasteiger partial charge in [-0.1, -0.05) is 125 Å². The SMILES string of the molecule is CC(C)(C)CC(C)(C)C1(Cl)C=C(c2ccccc2)C(O)C(C)(n2c3ccc(C(C)(C)C)cc3c3cc(C(C)(C)C)ccc32)C1.[CH3-].[CH3-].[Ti+2]. The van der Waals surface area contributed by atoms with Crippen molar-refractivity contribution < 1.29 is 26.8 Å². The maximum Gasteiger partial charge on any atom is 2.00 e. The summed E-state index contributed by atoms with van der Waals surface area (Å²) < 4.78 is 2.43. The minimum atomic E-state index is -0.759. The Balaban J connectivity index is 0.00000256. The van der Waals surface area contributed by atoms with E-state index in [1.807, 2.05) is 18.2 Å². The van der Waals surface area contributed by atoms with Gasteiger partial charge < -0.3 is 24.5 Å². The Morgan fingerprint density at radius 2 is 1.19 bits per heavy atom. The quantitative estimate of drug-likeness (QED) is 0.129. The number of aromatic nitrogens is 1. The van der Waals surface area contributed by atoms with E-state index in [2.05, 4.69) is 142 Å². The Hall–Kier alpha value is -1.84. The van der Waals surface area contributed by atoms with Crippen LogP contribution in [0.4, 0.5) is 0 Å². The molecule has 0 bridgehead atoms. The minimum absolute atomic E-state index is 0. The van der Waals surface area contributed by atoms with Gasteiger partial charge in [-0.05, 0) is 88.0 Å². The summed E-state index contributed by atoms with van der Waals surface area (Å²) in [7, 11) is 0. The molecule has 1 heterocycles. The van der Waals surface area contributed by atoms with E-state index in [1.165, 1.54) is 21.9 Å². The molecule has 1 aliphatic carbocycles. The Labute approximate surface area is 307 Å². The first-order valence-corrected chi connectivity index (χ1v) is 16.7. The molecule has 0 aliphatic heterocycles. The first-order valence-electron chi connectivity index (χ1n) is 16.3. The van der Waals surface area contributed by atoms with Gasteiger partial charge in [0.15, 0.2) is 0 Å². The van der Waals surface area contributed by atoms with Gasteiger partial charge in [0.05, 0.1) is 10.4 Å². The fourth-order valence-corrected chi connectivity index (χ4v) is 8.27. The van der Waals surface area contributed by atoms with Crippen LogP contribution in [0.25, 0.3) is 27.4 Å². The normalized spacial score (nSPS) is 22.3. The van der Waals surface area contributed by atoms with Crippen LogP contribution in [-0.4, -0.2) is 20.7 Å². The van der Waals surface area contributed by atoms with Crippen molar-refractivity contribution in [3.63, 3.8) is 0 Å². The molecule has 1 aromatic heterocycles. The fourth-order valence-electron chi connectivity index (χ4n) is 7.82. The molecule has 1 N–H and O–H groups in total. The zero-order valence-corrected chi connectivity index (χ0v) is 34.0. The van der Waals surface area contributed by atoms with E-state index in [4.69, 9.17) is 11.6 Å². The topological polar surface area (TPSA) is 25.2 Å². The Kier molecular flexibility index (Phi) is 11.8. The summed E-state index contributed by atoms with van der Waals surface area (Å²) in [5, 5.41) is 15.0. The molecule has 4 aromatic rings. The zero-order chi connectivity index (χ0) is 32.7. The number of hydrogen-bond acceptors (Lipinski definition) is 1. The summed E-state index contributed by atoms with van der Waals surface area (Å²) in [5.41, 5.74) is 5.99. The average molecular weight is 690 g/mol. The number of benzene rings is 3. The molecule has 0 saturated heterocycles. The number of rotatable bonds is 4. The third-order valence-electron chi connectivity index (χ3n) is 10.1. The monoisotopic (exact) mass is 689 g/mol. The molecular formula is C43H60ClNOTi. The molecule has 1 aliphatic rings. The number of hydrogen-bond donors (Lipinski definition) is 1. The van der Waals surface area contributed by atoms with Crippen molar-refractivity contribution in [3.05, 3.63) is 104 Å². The average Bonchev–Trinajstić information content (AvgIpc) is 3.23. The smallest absolute Gasteiger partial charge is 0.386 e. The van der Waals surface area contributed by atoms with Crippen molar-refractivity contribution in [2.45, 2.75) is 123 Å². The summed E-state index contributed by atoms with van der Waals surface area (Å²) in [6, 6.07) is 24.2. The van der Waals surface area contributed by atoms with Crippen LogP contribution < -0.4 is 0 Å². The number of aliphatic hydroxyl groups is 1. The van der Waals surface area contributed by atoms with E-state index >= 15 is 0 Å². The maximum absolute atomic E-state index is 12.6. The number of alkyl halides is 1. The minimum Gasteiger partial charge on any atom is -0.386 e.